The second-order valence-electron chi connectivity index (χ2n) is 19.3. The monoisotopic (exact) mass is 1050 g/mol. The third kappa shape index (κ3) is 12.6. The first-order valence-corrected chi connectivity index (χ1v) is 26.4. The maximum absolute atomic E-state index is 15.6. The zero-order chi connectivity index (χ0) is 50.7. The Morgan fingerprint density at radius 1 is 0.507 bits per heavy atom. The minimum absolute atomic E-state index is 0.172. The fourth-order valence-corrected chi connectivity index (χ4v) is 11.5. The van der Waals surface area contributed by atoms with Crippen molar-refractivity contribution < 1.29 is 37.2 Å². The number of methoxy groups -OCH3 is 4. The van der Waals surface area contributed by atoms with Crippen LogP contribution in [0.1, 0.15) is 83.0 Å². The lowest BCUT2D eigenvalue weighted by Gasteiger charge is -2.36. The van der Waals surface area contributed by atoms with Crippen molar-refractivity contribution in [2.45, 2.75) is 77.2 Å². The van der Waals surface area contributed by atoms with E-state index in [0.717, 1.165) is 138 Å². The van der Waals surface area contributed by atoms with E-state index < -0.39 is 0 Å². The molecule has 2 heterocycles. The average Bonchev–Trinajstić information content (AvgIpc) is 3.43. The molecule has 6 aromatic carbocycles. The van der Waals surface area contributed by atoms with Crippen LogP contribution in [-0.4, -0.2) is 67.2 Å². The number of anilines is 2. The third-order valence-corrected chi connectivity index (χ3v) is 15.6. The molecule has 0 amide bonds. The van der Waals surface area contributed by atoms with Gasteiger partial charge in [-0.05, 0) is 151 Å². The van der Waals surface area contributed by atoms with Crippen LogP contribution in [0.5, 0.6) is 11.5 Å². The Labute approximate surface area is 438 Å². The minimum atomic E-state index is -0.199. The fraction of sp³-hybridized carbons (Fsp3) is 0.355. The van der Waals surface area contributed by atoms with Gasteiger partial charge in [0.15, 0.2) is 12.6 Å². The van der Waals surface area contributed by atoms with E-state index in [1.165, 1.54) is 11.1 Å². The summed E-state index contributed by atoms with van der Waals surface area (Å²) in [5.74, 6) is 2.04. The quantitative estimate of drug-likeness (QED) is 0.0889. The number of fused-ring (bicyclic) bond motifs is 2. The summed E-state index contributed by atoms with van der Waals surface area (Å²) in [6.07, 6.45) is 9.18. The van der Waals surface area contributed by atoms with Crippen LogP contribution < -0.4 is 19.3 Å². The van der Waals surface area contributed by atoms with Crippen LogP contribution in [0.4, 0.5) is 20.2 Å². The van der Waals surface area contributed by atoms with Crippen molar-refractivity contribution in [3.8, 4) is 11.5 Å². The summed E-state index contributed by atoms with van der Waals surface area (Å²) in [4.78, 5) is 4.51. The summed E-state index contributed by atoms with van der Waals surface area (Å²) in [5, 5.41) is 0. The SMILES string of the molecule is COC(OC)C1CCN(c2ccc(C3=C(Br)CCc4cc(OCc5ccccc5)ccc43)c(F)c2)CC1.COC(OC)C1CCN(c2ccc(C3=CCCc4cc(OCc5ccccc5)ccc43)c(F)c2)CC1. The lowest BCUT2D eigenvalue weighted by atomic mass is 9.86. The Morgan fingerprint density at radius 3 is 1.44 bits per heavy atom. The maximum atomic E-state index is 15.6. The molecule has 2 aliphatic heterocycles. The Balaban J connectivity index is 0.000000180. The fourth-order valence-electron chi connectivity index (χ4n) is 10.9. The number of aryl methyl sites for hydroxylation is 2. The van der Waals surface area contributed by atoms with Crippen LogP contribution in [0, 0.1) is 23.5 Å². The highest BCUT2D eigenvalue weighted by Gasteiger charge is 2.30. The summed E-state index contributed by atoms with van der Waals surface area (Å²) in [5.41, 5.74) is 11.8. The molecule has 2 saturated heterocycles. The Bertz CT molecular complexity index is 2840. The molecule has 0 radical (unpaired) electrons. The van der Waals surface area contributed by atoms with E-state index in [1.54, 1.807) is 40.6 Å². The normalized spacial score (nSPS) is 16.2. The van der Waals surface area contributed by atoms with Gasteiger partial charge in [0.25, 0.3) is 0 Å². The molecule has 0 saturated carbocycles. The Kier molecular flexibility index (Phi) is 17.8. The second-order valence-corrected chi connectivity index (χ2v) is 20.2. The lowest BCUT2D eigenvalue weighted by Crippen LogP contribution is -2.39. The molecule has 73 heavy (non-hydrogen) atoms. The minimum Gasteiger partial charge on any atom is -0.489 e. The van der Waals surface area contributed by atoms with E-state index in [4.69, 9.17) is 28.4 Å². The van der Waals surface area contributed by atoms with Crippen molar-refractivity contribution in [3.63, 3.8) is 0 Å². The summed E-state index contributed by atoms with van der Waals surface area (Å²) >= 11 is 3.75. The number of allylic oxidation sites excluding steroid dienone is 2. The highest BCUT2D eigenvalue weighted by Crippen LogP contribution is 2.42. The van der Waals surface area contributed by atoms with Gasteiger partial charge in [0, 0.05) is 99.0 Å². The smallest absolute Gasteiger partial charge is 0.159 e. The molecule has 0 spiro atoms. The number of piperidine rings is 2. The van der Waals surface area contributed by atoms with Gasteiger partial charge in [-0.15, -0.1) is 0 Å². The van der Waals surface area contributed by atoms with Crippen LogP contribution in [0.2, 0.25) is 0 Å². The van der Waals surface area contributed by atoms with Crippen LogP contribution >= 0.6 is 15.9 Å². The van der Waals surface area contributed by atoms with Gasteiger partial charge < -0.3 is 38.2 Å². The third-order valence-electron chi connectivity index (χ3n) is 14.8. The molecule has 10 rings (SSSR count). The first kappa shape index (κ1) is 52.1. The van der Waals surface area contributed by atoms with Gasteiger partial charge in [0.2, 0.25) is 0 Å². The molecule has 0 atom stereocenters. The molecule has 8 nitrogen and oxygen atoms in total. The van der Waals surface area contributed by atoms with E-state index in [1.807, 2.05) is 66.7 Å². The van der Waals surface area contributed by atoms with E-state index in [0.29, 0.717) is 36.2 Å². The van der Waals surface area contributed by atoms with Crippen LogP contribution in [0.3, 0.4) is 0 Å². The van der Waals surface area contributed by atoms with Crippen molar-refractivity contribution >= 4 is 38.5 Å². The molecule has 0 N–H and O–H groups in total. The number of ether oxygens (including phenoxy) is 6. The molecule has 6 aromatic rings. The zero-order valence-corrected chi connectivity index (χ0v) is 44.1. The number of hydrogen-bond acceptors (Lipinski definition) is 8. The molecule has 382 valence electrons. The molecule has 0 unspecified atom stereocenters. The summed E-state index contributed by atoms with van der Waals surface area (Å²) in [7, 11) is 6.74. The number of rotatable bonds is 16. The first-order valence-electron chi connectivity index (χ1n) is 25.6. The number of halogens is 3. The largest absolute Gasteiger partial charge is 0.489 e. The van der Waals surface area contributed by atoms with Gasteiger partial charge in [-0.3, -0.25) is 0 Å². The average molecular weight is 1050 g/mol. The summed E-state index contributed by atoms with van der Waals surface area (Å²) in [6.45, 7) is 4.50. The molecule has 4 aliphatic rings. The van der Waals surface area contributed by atoms with Crippen LogP contribution in [0.25, 0.3) is 11.1 Å². The van der Waals surface area contributed by atoms with E-state index in [-0.39, 0.29) is 24.2 Å². The van der Waals surface area contributed by atoms with Gasteiger partial charge in [-0.25, -0.2) is 8.78 Å². The topological polar surface area (TPSA) is 61.9 Å². The number of hydrogen-bond donors (Lipinski definition) is 0. The van der Waals surface area contributed by atoms with Crippen molar-refractivity contribution in [2.24, 2.45) is 11.8 Å². The van der Waals surface area contributed by atoms with Crippen LogP contribution in [0.15, 0.2) is 144 Å². The molecular weight excluding hydrogens is 987 g/mol. The number of nitrogens with zero attached hydrogens (tertiary/aromatic N) is 2. The van der Waals surface area contributed by atoms with Crippen molar-refractivity contribution in [3.05, 3.63) is 200 Å². The standard InChI is InChI=1S/C31H33BrFNO3.C31H34FNO3/c1-35-31(36-2)22-14-16-34(17-15-22)24-9-11-27(29(33)19-24)30-26-12-10-25(18-23(26)8-13-28(30)32)37-20-21-6-4-3-5-7-21;1-34-31(35-2)23-15-17-33(18-16-23)25-11-13-29(30(32)20-25)28-10-6-9-24-19-26(12-14-27(24)28)36-21-22-7-4-3-5-8-22/h3-7,9-12,18-19,22,31H,8,13-17,20H2,1-2H3;3-5,7-8,10-14,19-20,23,31H,6,9,15-18,21H2,1-2H3. The zero-order valence-electron chi connectivity index (χ0n) is 42.5. The van der Waals surface area contributed by atoms with Crippen LogP contribution in [-0.2, 0) is 45.0 Å². The van der Waals surface area contributed by atoms with Gasteiger partial charge in [-0.2, -0.15) is 0 Å². The van der Waals surface area contributed by atoms with Gasteiger partial charge in [0.1, 0.15) is 36.3 Å². The molecular formula is C62H67BrF2N2O6. The number of benzene rings is 6. The van der Waals surface area contributed by atoms with Gasteiger partial charge in [-0.1, -0.05) is 94.8 Å². The van der Waals surface area contributed by atoms with Crippen molar-refractivity contribution in [2.75, 3.05) is 64.4 Å². The highest BCUT2D eigenvalue weighted by atomic mass is 79.9. The molecule has 0 bridgehead atoms. The molecule has 2 fully saturated rings. The van der Waals surface area contributed by atoms with Crippen molar-refractivity contribution in [1.29, 1.82) is 0 Å². The second kappa shape index (κ2) is 24.9. The van der Waals surface area contributed by atoms with E-state index in [9.17, 15) is 0 Å². The summed E-state index contributed by atoms with van der Waals surface area (Å²) in [6, 6.07) is 43.9. The van der Waals surface area contributed by atoms with E-state index >= 15 is 8.78 Å². The predicted molar refractivity (Wildman–Crippen MR) is 291 cm³/mol. The predicted octanol–water partition coefficient (Wildman–Crippen LogP) is 14.0. The van der Waals surface area contributed by atoms with Crippen molar-refractivity contribution in [1.82, 2.24) is 0 Å². The summed E-state index contributed by atoms with van der Waals surface area (Å²) < 4.78 is 65.9. The lowest BCUT2D eigenvalue weighted by molar-refractivity contribution is -0.141. The Hall–Kier alpha value is -5.82. The highest BCUT2D eigenvalue weighted by molar-refractivity contribution is 9.11. The first-order chi connectivity index (χ1) is 35.7. The Morgan fingerprint density at radius 2 is 0.959 bits per heavy atom. The van der Waals surface area contributed by atoms with Gasteiger partial charge in [0.05, 0.1) is 0 Å². The molecule has 0 aromatic heterocycles. The molecule has 2 aliphatic carbocycles. The molecule has 11 heteroatoms. The van der Waals surface area contributed by atoms with Gasteiger partial charge >= 0.3 is 0 Å². The maximum Gasteiger partial charge on any atom is 0.159 e. The van der Waals surface area contributed by atoms with E-state index in [2.05, 4.69) is 86.4 Å².